The Kier molecular flexibility index (Phi) is 6.01. The minimum atomic E-state index is -0.453. The highest BCUT2D eigenvalue weighted by atomic mass is 16.6. The van der Waals surface area contributed by atoms with Gasteiger partial charge in [-0.05, 0) is 17.9 Å². The van der Waals surface area contributed by atoms with Crippen LogP contribution < -0.4 is 0 Å². The fourth-order valence-corrected chi connectivity index (χ4v) is 4.37. The lowest BCUT2D eigenvalue weighted by Crippen LogP contribution is -2.48. The lowest BCUT2D eigenvalue weighted by atomic mass is 9.90. The van der Waals surface area contributed by atoms with Crippen LogP contribution in [0.25, 0.3) is 0 Å². The molecule has 2 aliphatic heterocycles. The second kappa shape index (κ2) is 8.85. The number of carbonyl (C=O) groups excluding carboxylic acids is 2. The minimum absolute atomic E-state index is 0.156. The summed E-state index contributed by atoms with van der Waals surface area (Å²) in [6.07, 6.45) is 5.56. The van der Waals surface area contributed by atoms with Crippen molar-refractivity contribution in [1.29, 1.82) is 0 Å². The second-order valence-corrected chi connectivity index (χ2v) is 8.39. The molecule has 2 saturated heterocycles. The second-order valence-electron chi connectivity index (χ2n) is 8.39. The number of aromatic nitrogens is 3. The van der Waals surface area contributed by atoms with Gasteiger partial charge in [-0.25, -0.2) is 9.78 Å². The van der Waals surface area contributed by atoms with Gasteiger partial charge < -0.3 is 14.5 Å². The lowest BCUT2D eigenvalue weighted by Gasteiger charge is -2.37. The van der Waals surface area contributed by atoms with E-state index in [2.05, 4.69) is 29.1 Å². The molecule has 1 aromatic carbocycles. The fraction of sp³-hybridized carbons (Fsp3) is 0.545. The highest BCUT2D eigenvalue weighted by Crippen LogP contribution is 2.34. The SMILES string of the molecule is C[C@@H](CN1CC2(CCN(C(=O)CCCn3cncn3)CC2)OC1=O)c1ccccc1. The van der Waals surface area contributed by atoms with E-state index >= 15 is 0 Å². The van der Waals surface area contributed by atoms with E-state index in [1.807, 2.05) is 28.0 Å². The maximum Gasteiger partial charge on any atom is 0.410 e. The minimum Gasteiger partial charge on any atom is -0.441 e. The highest BCUT2D eigenvalue weighted by Gasteiger charge is 2.47. The molecule has 2 aromatic rings. The van der Waals surface area contributed by atoms with Crippen molar-refractivity contribution < 1.29 is 14.3 Å². The number of benzene rings is 1. The Bertz CT molecular complexity index is 847. The van der Waals surface area contributed by atoms with Crippen LogP contribution in [-0.4, -0.2) is 68.3 Å². The summed E-state index contributed by atoms with van der Waals surface area (Å²) in [7, 11) is 0. The number of carbonyl (C=O) groups is 2. The number of nitrogens with zero attached hydrogens (tertiary/aromatic N) is 5. The van der Waals surface area contributed by atoms with Crippen LogP contribution in [0, 0.1) is 0 Å². The summed E-state index contributed by atoms with van der Waals surface area (Å²) in [4.78, 5) is 32.7. The molecule has 1 spiro atoms. The number of likely N-dealkylation sites (tertiary alicyclic amines) is 1. The maximum absolute atomic E-state index is 12.5. The molecule has 0 radical (unpaired) electrons. The van der Waals surface area contributed by atoms with Crippen molar-refractivity contribution in [2.45, 2.75) is 50.7 Å². The topological polar surface area (TPSA) is 80.6 Å². The summed E-state index contributed by atoms with van der Waals surface area (Å²) in [5, 5.41) is 4.06. The quantitative estimate of drug-likeness (QED) is 0.700. The highest BCUT2D eigenvalue weighted by molar-refractivity contribution is 5.76. The number of hydrogen-bond acceptors (Lipinski definition) is 5. The predicted octanol–water partition coefficient (Wildman–Crippen LogP) is 2.68. The Hall–Kier alpha value is -2.90. The molecule has 30 heavy (non-hydrogen) atoms. The standard InChI is InChI=1S/C22H29N5O3/c1-18(19-6-3-2-4-7-19)14-26-15-22(30-21(26)29)9-12-25(13-10-22)20(28)8-5-11-27-17-23-16-24-27/h2-4,6-7,16-18H,5,8-15H2,1H3/t18-/m0/s1. The van der Waals surface area contributed by atoms with Crippen LogP contribution >= 0.6 is 0 Å². The van der Waals surface area contributed by atoms with Crippen molar-refractivity contribution in [2.75, 3.05) is 26.2 Å². The van der Waals surface area contributed by atoms with Crippen LogP contribution in [0.3, 0.4) is 0 Å². The van der Waals surface area contributed by atoms with Crippen LogP contribution in [0.2, 0.25) is 0 Å². The number of amides is 2. The Labute approximate surface area is 176 Å². The van der Waals surface area contributed by atoms with Gasteiger partial charge in [0.1, 0.15) is 18.3 Å². The summed E-state index contributed by atoms with van der Waals surface area (Å²) in [6, 6.07) is 10.2. The average Bonchev–Trinajstić information content (AvgIpc) is 3.37. The number of rotatable bonds is 7. The van der Waals surface area contributed by atoms with E-state index in [0.29, 0.717) is 52.0 Å². The van der Waals surface area contributed by atoms with Gasteiger partial charge in [0, 0.05) is 45.4 Å². The fourth-order valence-electron chi connectivity index (χ4n) is 4.37. The molecule has 2 fully saturated rings. The predicted molar refractivity (Wildman–Crippen MR) is 111 cm³/mol. The van der Waals surface area contributed by atoms with Crippen LogP contribution in [-0.2, 0) is 16.1 Å². The van der Waals surface area contributed by atoms with Crippen molar-refractivity contribution in [3.05, 3.63) is 48.5 Å². The van der Waals surface area contributed by atoms with Gasteiger partial charge in [0.2, 0.25) is 5.91 Å². The summed E-state index contributed by atoms with van der Waals surface area (Å²) in [6.45, 7) is 5.35. The molecule has 0 unspecified atom stereocenters. The van der Waals surface area contributed by atoms with Crippen molar-refractivity contribution in [3.8, 4) is 0 Å². The van der Waals surface area contributed by atoms with Crippen LogP contribution in [0.4, 0.5) is 4.79 Å². The number of hydrogen-bond donors (Lipinski definition) is 0. The summed E-state index contributed by atoms with van der Waals surface area (Å²) in [5.74, 6) is 0.407. The lowest BCUT2D eigenvalue weighted by molar-refractivity contribution is -0.134. The van der Waals surface area contributed by atoms with Gasteiger partial charge in [-0.1, -0.05) is 37.3 Å². The van der Waals surface area contributed by atoms with E-state index in [9.17, 15) is 9.59 Å². The zero-order valence-corrected chi connectivity index (χ0v) is 17.4. The summed E-state index contributed by atoms with van der Waals surface area (Å²) >= 11 is 0. The number of piperidine rings is 1. The molecule has 2 amide bonds. The normalized spacial score (nSPS) is 19.2. The molecule has 2 aliphatic rings. The molecule has 1 atom stereocenters. The first kappa shape index (κ1) is 20.4. The summed E-state index contributed by atoms with van der Waals surface area (Å²) < 4.78 is 7.57. The molecule has 4 rings (SSSR count). The molecule has 0 bridgehead atoms. The summed E-state index contributed by atoms with van der Waals surface area (Å²) in [5.41, 5.74) is 0.767. The first-order valence-corrected chi connectivity index (χ1v) is 10.7. The molecule has 8 heteroatoms. The van der Waals surface area contributed by atoms with E-state index in [4.69, 9.17) is 4.74 Å². The molecular formula is C22H29N5O3. The third-order valence-electron chi connectivity index (χ3n) is 6.18. The Morgan fingerprint density at radius 3 is 2.70 bits per heavy atom. The first-order chi connectivity index (χ1) is 14.5. The van der Waals surface area contributed by atoms with Gasteiger partial charge in [-0.15, -0.1) is 0 Å². The van der Waals surface area contributed by atoms with Gasteiger partial charge >= 0.3 is 6.09 Å². The maximum atomic E-state index is 12.5. The first-order valence-electron chi connectivity index (χ1n) is 10.7. The molecule has 0 saturated carbocycles. The molecule has 3 heterocycles. The van der Waals surface area contributed by atoms with E-state index in [1.165, 1.54) is 11.9 Å². The third kappa shape index (κ3) is 4.63. The monoisotopic (exact) mass is 411 g/mol. The number of ether oxygens (including phenoxy) is 1. The van der Waals surface area contributed by atoms with Crippen molar-refractivity contribution in [1.82, 2.24) is 24.6 Å². The molecular weight excluding hydrogens is 382 g/mol. The molecule has 0 aliphatic carbocycles. The van der Waals surface area contributed by atoms with Crippen LogP contribution in [0.5, 0.6) is 0 Å². The van der Waals surface area contributed by atoms with E-state index in [-0.39, 0.29) is 17.9 Å². The van der Waals surface area contributed by atoms with Gasteiger partial charge in [-0.3, -0.25) is 9.48 Å². The van der Waals surface area contributed by atoms with E-state index < -0.39 is 5.60 Å². The Morgan fingerprint density at radius 1 is 1.23 bits per heavy atom. The largest absolute Gasteiger partial charge is 0.441 e. The van der Waals surface area contributed by atoms with Gasteiger partial charge in [0.05, 0.1) is 6.54 Å². The van der Waals surface area contributed by atoms with E-state index in [1.54, 1.807) is 11.0 Å². The van der Waals surface area contributed by atoms with Gasteiger partial charge in [-0.2, -0.15) is 5.10 Å². The van der Waals surface area contributed by atoms with Gasteiger partial charge in [0.15, 0.2) is 0 Å². The van der Waals surface area contributed by atoms with Gasteiger partial charge in [0.25, 0.3) is 0 Å². The Morgan fingerprint density at radius 2 is 2.00 bits per heavy atom. The van der Waals surface area contributed by atoms with Crippen LogP contribution in [0.1, 0.15) is 44.1 Å². The van der Waals surface area contributed by atoms with Crippen molar-refractivity contribution in [2.24, 2.45) is 0 Å². The average molecular weight is 412 g/mol. The third-order valence-corrected chi connectivity index (χ3v) is 6.18. The smallest absolute Gasteiger partial charge is 0.410 e. The molecule has 8 nitrogen and oxygen atoms in total. The zero-order valence-electron chi connectivity index (χ0n) is 17.4. The molecule has 0 N–H and O–H groups in total. The zero-order chi connectivity index (χ0) is 21.0. The van der Waals surface area contributed by atoms with E-state index in [0.717, 1.165) is 6.42 Å². The number of aryl methyl sites for hydroxylation is 1. The Balaban J connectivity index is 1.24. The molecule has 160 valence electrons. The van der Waals surface area contributed by atoms with Crippen molar-refractivity contribution >= 4 is 12.0 Å². The van der Waals surface area contributed by atoms with Crippen molar-refractivity contribution in [3.63, 3.8) is 0 Å². The van der Waals surface area contributed by atoms with Crippen LogP contribution in [0.15, 0.2) is 43.0 Å². The molecule has 1 aromatic heterocycles.